The zero-order valence-electron chi connectivity index (χ0n) is 18.0. The molecule has 0 saturated carbocycles. The largest absolute Gasteiger partial charge is 0.491 e. The van der Waals surface area contributed by atoms with Gasteiger partial charge < -0.3 is 20.1 Å². The van der Waals surface area contributed by atoms with Gasteiger partial charge in [0.2, 0.25) is 5.91 Å². The number of hydrogen-bond donors (Lipinski definition) is 2. The fourth-order valence-corrected chi connectivity index (χ4v) is 4.74. The van der Waals surface area contributed by atoms with Crippen LogP contribution in [0.5, 0.6) is 5.75 Å². The molecule has 3 rings (SSSR count). The van der Waals surface area contributed by atoms with Gasteiger partial charge in [-0.15, -0.1) is 0 Å². The molecule has 32 heavy (non-hydrogen) atoms. The topological polar surface area (TPSA) is 124 Å². The molecule has 2 heterocycles. The third-order valence-corrected chi connectivity index (χ3v) is 6.87. The van der Waals surface area contributed by atoms with Crippen molar-refractivity contribution in [3.63, 3.8) is 0 Å². The number of sulfone groups is 1. The zero-order chi connectivity index (χ0) is 23.1. The SMILES string of the molecule is COC(=O)N[C@H]1CCCCS(=O)(=O)c2cncc(c2)-c2ccccc2OC[C@@H](C)NC1=O. The van der Waals surface area contributed by atoms with Gasteiger partial charge in [0.25, 0.3) is 0 Å². The molecule has 2 N–H and O–H groups in total. The van der Waals surface area contributed by atoms with Crippen LogP contribution in [0, 0.1) is 0 Å². The molecule has 1 aromatic heterocycles. The molecular formula is C22H27N3O6S. The predicted octanol–water partition coefficient (Wildman–Crippen LogP) is 2.31. The number of amides is 2. The van der Waals surface area contributed by atoms with Crippen molar-refractivity contribution in [3.05, 3.63) is 42.7 Å². The molecule has 1 aromatic carbocycles. The lowest BCUT2D eigenvalue weighted by molar-refractivity contribution is -0.124. The molecule has 0 saturated heterocycles. The minimum absolute atomic E-state index is 0.0980. The van der Waals surface area contributed by atoms with Crippen molar-refractivity contribution in [1.29, 1.82) is 0 Å². The van der Waals surface area contributed by atoms with Crippen LogP contribution >= 0.6 is 0 Å². The van der Waals surface area contributed by atoms with Gasteiger partial charge in [-0.3, -0.25) is 9.78 Å². The number of nitrogens with zero attached hydrogens (tertiary/aromatic N) is 1. The van der Waals surface area contributed by atoms with Gasteiger partial charge >= 0.3 is 6.09 Å². The first kappa shape index (κ1) is 23.5. The number of alkyl carbamates (subject to hydrolysis) is 1. The van der Waals surface area contributed by atoms with Gasteiger partial charge in [-0.05, 0) is 38.3 Å². The van der Waals surface area contributed by atoms with E-state index in [9.17, 15) is 18.0 Å². The fraction of sp³-hybridized carbons (Fsp3) is 0.409. The smallest absolute Gasteiger partial charge is 0.407 e. The number of nitrogens with one attached hydrogen (secondary N) is 2. The van der Waals surface area contributed by atoms with Crippen molar-refractivity contribution in [3.8, 4) is 16.9 Å². The Hall–Kier alpha value is -3.14. The number of aromatic nitrogens is 1. The number of benzene rings is 1. The van der Waals surface area contributed by atoms with Gasteiger partial charge in [0, 0.05) is 23.5 Å². The van der Waals surface area contributed by atoms with Crippen LogP contribution in [0.2, 0.25) is 0 Å². The number of pyridine rings is 1. The van der Waals surface area contributed by atoms with E-state index in [4.69, 9.17) is 4.74 Å². The van der Waals surface area contributed by atoms with E-state index in [2.05, 4.69) is 20.4 Å². The number of carbonyl (C=O) groups is 2. The molecule has 0 aliphatic carbocycles. The highest BCUT2D eigenvalue weighted by Gasteiger charge is 2.24. The van der Waals surface area contributed by atoms with Gasteiger partial charge in [-0.25, -0.2) is 13.2 Å². The number of carbonyl (C=O) groups excluding carboxylic acids is 2. The summed E-state index contributed by atoms with van der Waals surface area (Å²) < 4.78 is 36.2. The lowest BCUT2D eigenvalue weighted by Gasteiger charge is -2.22. The summed E-state index contributed by atoms with van der Waals surface area (Å²) in [6, 6.07) is 7.65. The first-order chi connectivity index (χ1) is 15.3. The maximum atomic E-state index is 12.8. The molecule has 2 atom stereocenters. The molecule has 1 aliphatic heterocycles. The fourth-order valence-electron chi connectivity index (χ4n) is 3.40. The lowest BCUT2D eigenvalue weighted by Crippen LogP contribution is -2.50. The number of fused-ring (bicyclic) bond motifs is 4. The van der Waals surface area contributed by atoms with Crippen molar-refractivity contribution in [2.24, 2.45) is 0 Å². The number of methoxy groups -OCH3 is 1. The molecule has 0 spiro atoms. The monoisotopic (exact) mass is 461 g/mol. The molecule has 9 nitrogen and oxygen atoms in total. The van der Waals surface area contributed by atoms with Crippen LogP contribution in [-0.2, 0) is 19.4 Å². The summed E-state index contributed by atoms with van der Waals surface area (Å²) in [6.07, 6.45) is 3.22. The van der Waals surface area contributed by atoms with Crippen LogP contribution in [0.15, 0.2) is 47.6 Å². The Morgan fingerprint density at radius 1 is 1.25 bits per heavy atom. The highest BCUT2D eigenvalue weighted by atomic mass is 32.2. The standard InChI is InChI=1S/C22H27N3O6S/c1-15-14-31-20-9-4-3-7-18(20)16-11-17(13-23-12-16)32(28,29)10-6-5-8-19(21(26)24-15)25-22(27)30-2/h3-4,7,9,11-13,15,19H,5-6,8,10,14H2,1-2H3,(H,24,26)(H,25,27)/t15-,19+/m1/s1. The maximum absolute atomic E-state index is 12.8. The summed E-state index contributed by atoms with van der Waals surface area (Å²) in [5.41, 5.74) is 1.33. The van der Waals surface area contributed by atoms with Crippen LogP contribution in [-0.4, -0.2) is 57.0 Å². The average Bonchev–Trinajstić information content (AvgIpc) is 2.79. The normalized spacial score (nSPS) is 21.4. The number of rotatable bonds is 1. The number of para-hydroxylation sites is 1. The molecule has 0 fully saturated rings. The van der Waals surface area contributed by atoms with Crippen LogP contribution < -0.4 is 15.4 Å². The van der Waals surface area contributed by atoms with E-state index in [0.29, 0.717) is 29.7 Å². The van der Waals surface area contributed by atoms with E-state index in [1.807, 2.05) is 18.2 Å². The molecule has 0 radical (unpaired) electrons. The van der Waals surface area contributed by atoms with Crippen molar-refractivity contribution in [2.75, 3.05) is 19.5 Å². The zero-order valence-corrected chi connectivity index (χ0v) is 18.9. The van der Waals surface area contributed by atoms with Crippen molar-refractivity contribution >= 4 is 21.8 Å². The first-order valence-electron chi connectivity index (χ1n) is 10.3. The van der Waals surface area contributed by atoms with E-state index in [1.165, 1.54) is 13.3 Å². The van der Waals surface area contributed by atoms with Crippen molar-refractivity contribution in [1.82, 2.24) is 15.6 Å². The lowest BCUT2D eigenvalue weighted by atomic mass is 10.1. The molecular weight excluding hydrogens is 434 g/mol. The molecule has 10 heteroatoms. The maximum Gasteiger partial charge on any atom is 0.407 e. The second-order valence-corrected chi connectivity index (χ2v) is 9.74. The molecule has 1 aliphatic rings. The highest BCUT2D eigenvalue weighted by molar-refractivity contribution is 7.91. The van der Waals surface area contributed by atoms with E-state index < -0.39 is 22.0 Å². The van der Waals surface area contributed by atoms with Crippen molar-refractivity contribution in [2.45, 2.75) is 43.2 Å². The van der Waals surface area contributed by atoms with Crippen LogP contribution in [0.1, 0.15) is 26.2 Å². The quantitative estimate of drug-likeness (QED) is 0.668. The third-order valence-electron chi connectivity index (χ3n) is 5.10. The summed E-state index contributed by atoms with van der Waals surface area (Å²) >= 11 is 0. The first-order valence-corrected chi connectivity index (χ1v) is 12.0. The Bertz CT molecular complexity index is 1070. The minimum Gasteiger partial charge on any atom is -0.491 e. The summed E-state index contributed by atoms with van der Waals surface area (Å²) in [4.78, 5) is 28.6. The number of hydrogen-bond acceptors (Lipinski definition) is 7. The second-order valence-electron chi connectivity index (χ2n) is 7.63. The van der Waals surface area contributed by atoms with Gasteiger partial charge in [0.1, 0.15) is 18.4 Å². The minimum atomic E-state index is -3.57. The summed E-state index contributed by atoms with van der Waals surface area (Å²) in [6.45, 7) is 1.98. The highest BCUT2D eigenvalue weighted by Crippen LogP contribution is 2.31. The van der Waals surface area contributed by atoms with Gasteiger partial charge in [-0.1, -0.05) is 18.2 Å². The summed E-state index contributed by atoms with van der Waals surface area (Å²) in [5, 5.41) is 5.34. The van der Waals surface area contributed by atoms with Gasteiger partial charge in [0.15, 0.2) is 9.84 Å². The van der Waals surface area contributed by atoms with E-state index >= 15 is 0 Å². The number of ether oxygens (including phenoxy) is 2. The Morgan fingerprint density at radius 2 is 2.03 bits per heavy atom. The molecule has 2 bridgehead atoms. The van der Waals surface area contributed by atoms with Crippen LogP contribution in [0.4, 0.5) is 4.79 Å². The van der Waals surface area contributed by atoms with E-state index in [0.717, 1.165) is 0 Å². The molecule has 0 unspecified atom stereocenters. The summed E-state index contributed by atoms with van der Waals surface area (Å²) in [5.74, 6) is 0.0598. The molecule has 2 aromatic rings. The van der Waals surface area contributed by atoms with Crippen molar-refractivity contribution < 1.29 is 27.5 Å². The van der Waals surface area contributed by atoms with E-state index in [1.54, 1.807) is 25.3 Å². The Balaban J connectivity index is 1.93. The van der Waals surface area contributed by atoms with Crippen LogP contribution in [0.3, 0.4) is 0 Å². The second kappa shape index (κ2) is 10.4. The molecule has 2 amide bonds. The Kier molecular flexibility index (Phi) is 7.68. The Morgan fingerprint density at radius 3 is 2.81 bits per heavy atom. The van der Waals surface area contributed by atoms with Gasteiger partial charge in [-0.2, -0.15) is 0 Å². The predicted molar refractivity (Wildman–Crippen MR) is 118 cm³/mol. The summed E-state index contributed by atoms with van der Waals surface area (Å²) in [7, 11) is -2.36. The Labute approximate surface area is 187 Å². The van der Waals surface area contributed by atoms with Crippen LogP contribution in [0.25, 0.3) is 11.1 Å². The molecule has 172 valence electrons. The average molecular weight is 462 g/mol. The van der Waals surface area contributed by atoms with E-state index in [-0.39, 0.29) is 35.6 Å². The third kappa shape index (κ3) is 5.97. The van der Waals surface area contributed by atoms with Gasteiger partial charge in [0.05, 0.1) is 23.8 Å².